The first kappa shape index (κ1) is 12.0. The topological polar surface area (TPSA) is 32.7 Å². The van der Waals surface area contributed by atoms with Crippen molar-refractivity contribution in [3.05, 3.63) is 28.8 Å². The molecule has 98 valence electrons. The average Bonchev–Trinajstić information content (AvgIpc) is 2.81. The Balaban J connectivity index is 1.93. The Labute approximate surface area is 108 Å². The SMILES string of the molecule is Cc1cc(C)c2c(c1)OCC(N1CCCC1)C2O. The number of nitrogens with zero attached hydrogens (tertiary/aromatic N) is 1. The van der Waals surface area contributed by atoms with Crippen molar-refractivity contribution < 1.29 is 9.84 Å². The second-order valence-electron chi connectivity index (χ2n) is 5.56. The number of benzene rings is 1. The highest BCUT2D eigenvalue weighted by Crippen LogP contribution is 2.38. The fraction of sp³-hybridized carbons (Fsp3) is 0.600. The van der Waals surface area contributed by atoms with Crippen LogP contribution in [0, 0.1) is 13.8 Å². The van der Waals surface area contributed by atoms with Crippen LogP contribution < -0.4 is 4.74 Å². The smallest absolute Gasteiger partial charge is 0.125 e. The van der Waals surface area contributed by atoms with E-state index in [1.165, 1.54) is 18.4 Å². The van der Waals surface area contributed by atoms with Crippen molar-refractivity contribution in [1.82, 2.24) is 4.90 Å². The number of hydrogen-bond acceptors (Lipinski definition) is 3. The standard InChI is InChI=1S/C15H21NO2/c1-10-7-11(2)14-13(8-10)18-9-12(15(14)17)16-5-3-4-6-16/h7-8,12,15,17H,3-6,9H2,1-2H3. The summed E-state index contributed by atoms with van der Waals surface area (Å²) in [7, 11) is 0. The monoisotopic (exact) mass is 247 g/mol. The first-order valence-electron chi connectivity index (χ1n) is 6.83. The third-order valence-electron chi connectivity index (χ3n) is 4.17. The molecule has 1 aromatic carbocycles. The molecule has 0 saturated carbocycles. The fourth-order valence-electron chi connectivity index (χ4n) is 3.28. The lowest BCUT2D eigenvalue weighted by atomic mass is 9.93. The van der Waals surface area contributed by atoms with Crippen LogP contribution in [-0.2, 0) is 0 Å². The van der Waals surface area contributed by atoms with Crippen LogP contribution in [-0.4, -0.2) is 35.7 Å². The molecule has 0 aliphatic carbocycles. The van der Waals surface area contributed by atoms with Crippen molar-refractivity contribution in [1.29, 1.82) is 0 Å². The number of fused-ring (bicyclic) bond motifs is 1. The van der Waals surface area contributed by atoms with Gasteiger partial charge in [0.2, 0.25) is 0 Å². The van der Waals surface area contributed by atoms with E-state index in [0.717, 1.165) is 30.0 Å². The Morgan fingerprint density at radius 1 is 1.22 bits per heavy atom. The van der Waals surface area contributed by atoms with Crippen LogP contribution in [0.5, 0.6) is 5.75 Å². The minimum absolute atomic E-state index is 0.126. The molecule has 3 nitrogen and oxygen atoms in total. The summed E-state index contributed by atoms with van der Waals surface area (Å²) >= 11 is 0. The number of likely N-dealkylation sites (tertiary alicyclic amines) is 1. The average molecular weight is 247 g/mol. The lowest BCUT2D eigenvalue weighted by Crippen LogP contribution is -2.44. The molecule has 1 saturated heterocycles. The van der Waals surface area contributed by atoms with Crippen LogP contribution in [0.4, 0.5) is 0 Å². The predicted molar refractivity (Wildman–Crippen MR) is 71.0 cm³/mol. The van der Waals surface area contributed by atoms with Crippen molar-refractivity contribution in [2.45, 2.75) is 38.8 Å². The van der Waals surface area contributed by atoms with Gasteiger partial charge in [0, 0.05) is 5.56 Å². The van der Waals surface area contributed by atoms with E-state index in [1.54, 1.807) is 0 Å². The van der Waals surface area contributed by atoms with Gasteiger partial charge in [-0.2, -0.15) is 0 Å². The van der Waals surface area contributed by atoms with E-state index in [-0.39, 0.29) is 6.04 Å². The molecule has 1 aromatic rings. The number of ether oxygens (including phenoxy) is 1. The molecule has 2 aliphatic heterocycles. The summed E-state index contributed by atoms with van der Waals surface area (Å²) in [5.41, 5.74) is 3.32. The molecule has 3 rings (SSSR count). The van der Waals surface area contributed by atoms with E-state index in [4.69, 9.17) is 4.74 Å². The number of aryl methyl sites for hydroxylation is 2. The Kier molecular flexibility index (Phi) is 3.04. The van der Waals surface area contributed by atoms with Crippen molar-refractivity contribution in [2.24, 2.45) is 0 Å². The lowest BCUT2D eigenvalue weighted by Gasteiger charge is -2.37. The van der Waals surface area contributed by atoms with Gasteiger partial charge in [-0.25, -0.2) is 0 Å². The molecular formula is C15H21NO2. The van der Waals surface area contributed by atoms with Gasteiger partial charge in [-0.15, -0.1) is 0 Å². The molecule has 1 fully saturated rings. The van der Waals surface area contributed by atoms with Crippen molar-refractivity contribution in [2.75, 3.05) is 19.7 Å². The molecule has 0 spiro atoms. The van der Waals surface area contributed by atoms with Crippen LogP contribution in [0.15, 0.2) is 12.1 Å². The maximum atomic E-state index is 10.6. The van der Waals surface area contributed by atoms with Crippen LogP contribution in [0.2, 0.25) is 0 Å². The molecule has 0 radical (unpaired) electrons. The molecule has 2 aliphatic rings. The number of aliphatic hydroxyl groups excluding tert-OH is 1. The van der Waals surface area contributed by atoms with Gasteiger partial charge in [0.15, 0.2) is 0 Å². The summed E-state index contributed by atoms with van der Waals surface area (Å²) in [5, 5.41) is 10.6. The Morgan fingerprint density at radius 3 is 2.67 bits per heavy atom. The summed E-state index contributed by atoms with van der Waals surface area (Å²) < 4.78 is 5.88. The lowest BCUT2D eigenvalue weighted by molar-refractivity contribution is 0.0135. The maximum absolute atomic E-state index is 10.6. The molecule has 2 atom stereocenters. The van der Waals surface area contributed by atoms with Crippen molar-refractivity contribution in [3.63, 3.8) is 0 Å². The zero-order valence-corrected chi connectivity index (χ0v) is 11.1. The van der Waals surface area contributed by atoms with Crippen molar-refractivity contribution in [3.8, 4) is 5.75 Å². The zero-order valence-electron chi connectivity index (χ0n) is 11.1. The largest absolute Gasteiger partial charge is 0.491 e. The van der Waals surface area contributed by atoms with Crippen LogP contribution in [0.3, 0.4) is 0 Å². The van der Waals surface area contributed by atoms with E-state index in [2.05, 4.69) is 24.8 Å². The first-order chi connectivity index (χ1) is 8.66. The summed E-state index contributed by atoms with van der Waals surface area (Å²) in [4.78, 5) is 2.37. The van der Waals surface area contributed by atoms with Gasteiger partial charge in [-0.1, -0.05) is 6.07 Å². The van der Waals surface area contributed by atoms with Crippen LogP contribution in [0.1, 0.15) is 35.6 Å². The van der Waals surface area contributed by atoms with E-state index in [9.17, 15) is 5.11 Å². The third-order valence-corrected chi connectivity index (χ3v) is 4.17. The maximum Gasteiger partial charge on any atom is 0.125 e. The van der Waals surface area contributed by atoms with E-state index < -0.39 is 6.10 Å². The normalized spacial score (nSPS) is 27.9. The summed E-state index contributed by atoms with van der Waals surface area (Å²) in [6.07, 6.45) is 2.07. The summed E-state index contributed by atoms with van der Waals surface area (Å²) in [5.74, 6) is 0.871. The molecule has 18 heavy (non-hydrogen) atoms. The second kappa shape index (κ2) is 4.56. The second-order valence-corrected chi connectivity index (χ2v) is 5.56. The zero-order chi connectivity index (χ0) is 12.7. The highest BCUT2D eigenvalue weighted by molar-refractivity contribution is 5.46. The van der Waals surface area contributed by atoms with Crippen molar-refractivity contribution >= 4 is 0 Å². The Hall–Kier alpha value is -1.06. The number of hydrogen-bond donors (Lipinski definition) is 1. The van der Waals surface area contributed by atoms with Gasteiger partial charge >= 0.3 is 0 Å². The fourth-order valence-corrected chi connectivity index (χ4v) is 3.28. The molecule has 2 unspecified atom stereocenters. The van der Waals surface area contributed by atoms with Gasteiger partial charge in [-0.3, -0.25) is 4.90 Å². The highest BCUT2D eigenvalue weighted by Gasteiger charge is 2.35. The molecule has 2 heterocycles. The molecule has 1 N–H and O–H groups in total. The third kappa shape index (κ3) is 1.91. The first-order valence-corrected chi connectivity index (χ1v) is 6.83. The van der Waals surface area contributed by atoms with Gasteiger partial charge in [-0.05, 0) is 57.0 Å². The number of aliphatic hydroxyl groups is 1. The molecule has 0 aromatic heterocycles. The predicted octanol–water partition coefficient (Wildman–Crippen LogP) is 2.19. The minimum Gasteiger partial charge on any atom is -0.491 e. The highest BCUT2D eigenvalue weighted by atomic mass is 16.5. The van der Waals surface area contributed by atoms with E-state index >= 15 is 0 Å². The Morgan fingerprint density at radius 2 is 1.94 bits per heavy atom. The minimum atomic E-state index is -0.410. The van der Waals surface area contributed by atoms with E-state index in [0.29, 0.717) is 6.61 Å². The van der Waals surface area contributed by atoms with Gasteiger partial charge in [0.05, 0.1) is 6.04 Å². The van der Waals surface area contributed by atoms with Gasteiger partial charge in [0.1, 0.15) is 18.5 Å². The molecular weight excluding hydrogens is 226 g/mol. The summed E-state index contributed by atoms with van der Waals surface area (Å²) in [6, 6.07) is 4.28. The van der Waals surface area contributed by atoms with Gasteiger partial charge < -0.3 is 9.84 Å². The number of rotatable bonds is 1. The Bertz CT molecular complexity index is 452. The van der Waals surface area contributed by atoms with Crippen LogP contribution >= 0.6 is 0 Å². The van der Waals surface area contributed by atoms with Crippen LogP contribution in [0.25, 0.3) is 0 Å². The molecule has 3 heteroatoms. The molecule has 0 amide bonds. The summed E-state index contributed by atoms with van der Waals surface area (Å²) in [6.45, 7) is 6.91. The molecule has 0 bridgehead atoms. The quantitative estimate of drug-likeness (QED) is 0.825. The van der Waals surface area contributed by atoms with E-state index in [1.807, 2.05) is 6.07 Å². The van der Waals surface area contributed by atoms with Gasteiger partial charge in [0.25, 0.3) is 0 Å².